The molecule has 22 heavy (non-hydrogen) atoms. The number of quaternary nitrogens is 1. The van der Waals surface area contributed by atoms with Crippen molar-refractivity contribution < 1.29 is 9.69 Å². The van der Waals surface area contributed by atoms with Crippen LogP contribution in [0.5, 0.6) is 0 Å². The van der Waals surface area contributed by atoms with Gasteiger partial charge in [-0.1, -0.05) is 60.7 Å². The lowest BCUT2D eigenvalue weighted by Crippen LogP contribution is -3.17. The third-order valence-electron chi connectivity index (χ3n) is 4.65. The topological polar surface area (TPSA) is 21.5 Å². The van der Waals surface area contributed by atoms with Gasteiger partial charge < -0.3 is 4.90 Å². The van der Waals surface area contributed by atoms with E-state index in [2.05, 4.69) is 24.3 Å². The first kappa shape index (κ1) is 15.0. The molecule has 1 atom stereocenters. The summed E-state index contributed by atoms with van der Waals surface area (Å²) in [6.45, 7) is 2.24. The largest absolute Gasteiger partial charge is 0.326 e. The molecule has 2 heteroatoms. The van der Waals surface area contributed by atoms with Crippen LogP contribution in [0.2, 0.25) is 0 Å². The van der Waals surface area contributed by atoms with Crippen molar-refractivity contribution in [2.24, 2.45) is 0 Å². The van der Waals surface area contributed by atoms with Gasteiger partial charge in [0.05, 0.1) is 13.1 Å². The van der Waals surface area contributed by atoms with Crippen molar-refractivity contribution in [2.75, 3.05) is 13.1 Å². The van der Waals surface area contributed by atoms with E-state index >= 15 is 0 Å². The second kappa shape index (κ2) is 7.37. The van der Waals surface area contributed by atoms with Crippen LogP contribution in [0.4, 0.5) is 0 Å². The van der Waals surface area contributed by atoms with Crippen molar-refractivity contribution in [3.8, 4) is 0 Å². The normalized spacial score (nSPS) is 17.1. The van der Waals surface area contributed by atoms with Crippen LogP contribution in [-0.2, 0) is 6.42 Å². The summed E-state index contributed by atoms with van der Waals surface area (Å²) in [7, 11) is 0. The predicted octanol–water partition coefficient (Wildman–Crippen LogP) is 2.55. The minimum absolute atomic E-state index is 0.0464. The van der Waals surface area contributed by atoms with Crippen LogP contribution < -0.4 is 4.90 Å². The summed E-state index contributed by atoms with van der Waals surface area (Å²) < 4.78 is 0. The monoisotopic (exact) mass is 294 g/mol. The molecule has 0 aromatic heterocycles. The minimum Gasteiger partial charge on any atom is -0.326 e. The third-order valence-corrected chi connectivity index (χ3v) is 4.65. The van der Waals surface area contributed by atoms with Gasteiger partial charge in [-0.15, -0.1) is 0 Å². The molecule has 1 aliphatic rings. The molecule has 1 aliphatic heterocycles. The number of hydrogen-bond donors (Lipinski definition) is 1. The Kier molecular flexibility index (Phi) is 5.02. The first-order valence-electron chi connectivity index (χ1n) is 8.32. The highest BCUT2D eigenvalue weighted by atomic mass is 16.1. The van der Waals surface area contributed by atoms with E-state index in [-0.39, 0.29) is 6.04 Å². The van der Waals surface area contributed by atoms with E-state index in [1.807, 2.05) is 36.4 Å². The molecule has 0 saturated carbocycles. The van der Waals surface area contributed by atoms with Gasteiger partial charge in [0.2, 0.25) is 5.78 Å². The van der Waals surface area contributed by atoms with Gasteiger partial charge in [0, 0.05) is 12.0 Å². The van der Waals surface area contributed by atoms with E-state index in [1.54, 1.807) is 0 Å². The Bertz CT molecular complexity index is 588. The Morgan fingerprint density at radius 3 is 2.09 bits per heavy atom. The standard InChI is InChI=1S/C20H23NO/c22-20(18-12-6-2-7-13-18)19(21-14-8-3-9-15-21)16-17-10-4-1-5-11-17/h1-2,4-7,10-13,19H,3,8-9,14-16H2/p+1/t19-/m0/s1. The van der Waals surface area contributed by atoms with Gasteiger partial charge in [-0.05, 0) is 24.8 Å². The number of likely N-dealkylation sites (tertiary alicyclic amines) is 1. The lowest BCUT2D eigenvalue weighted by atomic mass is 9.94. The number of benzene rings is 2. The number of rotatable bonds is 5. The molecule has 1 heterocycles. The number of carbonyl (C=O) groups is 1. The van der Waals surface area contributed by atoms with E-state index in [1.165, 1.54) is 29.7 Å². The Labute approximate surface area is 132 Å². The highest BCUT2D eigenvalue weighted by Gasteiger charge is 2.31. The maximum Gasteiger partial charge on any atom is 0.220 e. The van der Waals surface area contributed by atoms with Crippen LogP contribution in [0.25, 0.3) is 0 Å². The second-order valence-electron chi connectivity index (χ2n) is 6.19. The molecule has 0 unspecified atom stereocenters. The van der Waals surface area contributed by atoms with E-state index in [4.69, 9.17) is 0 Å². The molecule has 0 spiro atoms. The molecule has 2 nitrogen and oxygen atoms in total. The predicted molar refractivity (Wildman–Crippen MR) is 89.3 cm³/mol. The summed E-state index contributed by atoms with van der Waals surface area (Å²) in [5.74, 6) is 0.293. The quantitative estimate of drug-likeness (QED) is 0.841. The average molecular weight is 294 g/mol. The Hall–Kier alpha value is -1.93. The van der Waals surface area contributed by atoms with Gasteiger partial charge in [0.25, 0.3) is 0 Å². The zero-order chi connectivity index (χ0) is 15.2. The van der Waals surface area contributed by atoms with Gasteiger partial charge >= 0.3 is 0 Å². The fourth-order valence-corrected chi connectivity index (χ4v) is 3.43. The molecular formula is C20H24NO+. The molecule has 1 N–H and O–H groups in total. The zero-order valence-corrected chi connectivity index (χ0v) is 13.0. The van der Waals surface area contributed by atoms with Gasteiger partial charge in [0.1, 0.15) is 0 Å². The van der Waals surface area contributed by atoms with Gasteiger partial charge in [-0.3, -0.25) is 4.79 Å². The highest BCUT2D eigenvalue weighted by molar-refractivity contribution is 5.99. The van der Waals surface area contributed by atoms with Gasteiger partial charge in [-0.25, -0.2) is 0 Å². The molecule has 2 aromatic rings. The summed E-state index contributed by atoms with van der Waals surface area (Å²) in [5, 5.41) is 0. The Balaban J connectivity index is 1.83. The number of Topliss-reactive ketones (excluding diaryl/α,β-unsaturated/α-hetero) is 1. The van der Waals surface area contributed by atoms with Crippen LogP contribution >= 0.6 is 0 Å². The van der Waals surface area contributed by atoms with E-state index in [0.29, 0.717) is 5.78 Å². The molecule has 0 amide bonds. The van der Waals surface area contributed by atoms with Gasteiger partial charge in [0.15, 0.2) is 6.04 Å². The molecule has 0 bridgehead atoms. The molecule has 1 saturated heterocycles. The second-order valence-corrected chi connectivity index (χ2v) is 6.19. The number of nitrogens with one attached hydrogen (secondary N) is 1. The van der Waals surface area contributed by atoms with Crippen molar-refractivity contribution in [3.63, 3.8) is 0 Å². The molecule has 0 aliphatic carbocycles. The Morgan fingerprint density at radius 2 is 1.45 bits per heavy atom. The maximum absolute atomic E-state index is 13.0. The van der Waals surface area contributed by atoms with Crippen molar-refractivity contribution >= 4 is 5.78 Å². The van der Waals surface area contributed by atoms with Crippen LogP contribution in [0.15, 0.2) is 60.7 Å². The zero-order valence-electron chi connectivity index (χ0n) is 13.0. The number of piperidine rings is 1. The van der Waals surface area contributed by atoms with E-state index < -0.39 is 0 Å². The first-order valence-corrected chi connectivity index (χ1v) is 8.32. The highest BCUT2D eigenvalue weighted by Crippen LogP contribution is 2.09. The summed E-state index contributed by atoms with van der Waals surface area (Å²) in [6, 6.07) is 20.2. The number of ketones is 1. The molecule has 2 aromatic carbocycles. The van der Waals surface area contributed by atoms with Crippen molar-refractivity contribution in [1.82, 2.24) is 0 Å². The van der Waals surface area contributed by atoms with E-state index in [0.717, 1.165) is 25.1 Å². The lowest BCUT2D eigenvalue weighted by Gasteiger charge is -2.30. The van der Waals surface area contributed by atoms with Crippen molar-refractivity contribution in [1.29, 1.82) is 0 Å². The van der Waals surface area contributed by atoms with Crippen LogP contribution in [-0.4, -0.2) is 24.9 Å². The van der Waals surface area contributed by atoms with Crippen LogP contribution in [0.3, 0.4) is 0 Å². The fourth-order valence-electron chi connectivity index (χ4n) is 3.43. The molecule has 1 fully saturated rings. The third kappa shape index (κ3) is 3.63. The molecule has 3 rings (SSSR count). The van der Waals surface area contributed by atoms with Gasteiger partial charge in [-0.2, -0.15) is 0 Å². The van der Waals surface area contributed by atoms with Crippen LogP contribution in [0, 0.1) is 0 Å². The lowest BCUT2D eigenvalue weighted by molar-refractivity contribution is -0.920. The Morgan fingerprint density at radius 1 is 0.864 bits per heavy atom. The summed E-state index contributed by atoms with van der Waals surface area (Å²) >= 11 is 0. The number of carbonyl (C=O) groups excluding carboxylic acids is 1. The fraction of sp³-hybridized carbons (Fsp3) is 0.350. The number of hydrogen-bond acceptors (Lipinski definition) is 1. The molecule has 0 radical (unpaired) electrons. The maximum atomic E-state index is 13.0. The van der Waals surface area contributed by atoms with Crippen LogP contribution in [0.1, 0.15) is 35.2 Å². The average Bonchev–Trinajstić information content (AvgIpc) is 2.61. The minimum atomic E-state index is 0.0464. The first-order chi connectivity index (χ1) is 10.8. The summed E-state index contributed by atoms with van der Waals surface area (Å²) in [5.41, 5.74) is 2.11. The molecular weight excluding hydrogens is 270 g/mol. The molecule has 114 valence electrons. The summed E-state index contributed by atoms with van der Waals surface area (Å²) in [6.07, 6.45) is 4.62. The van der Waals surface area contributed by atoms with Crippen molar-refractivity contribution in [3.05, 3.63) is 71.8 Å². The van der Waals surface area contributed by atoms with E-state index in [9.17, 15) is 4.79 Å². The van der Waals surface area contributed by atoms with Crippen molar-refractivity contribution in [2.45, 2.75) is 31.7 Å². The summed E-state index contributed by atoms with van der Waals surface area (Å²) in [4.78, 5) is 14.5. The SMILES string of the molecule is O=C(c1ccccc1)[C@H](Cc1ccccc1)[NH+]1CCCCC1. The smallest absolute Gasteiger partial charge is 0.220 e.